The van der Waals surface area contributed by atoms with Gasteiger partial charge in [0.25, 0.3) is 0 Å². The highest BCUT2D eigenvalue weighted by molar-refractivity contribution is 5.03. The Balaban J connectivity index is 2.39. The van der Waals surface area contributed by atoms with Crippen LogP contribution in [0.5, 0.6) is 0 Å². The van der Waals surface area contributed by atoms with E-state index in [9.17, 15) is 0 Å². The Kier molecular flexibility index (Phi) is 0.890. The van der Waals surface area contributed by atoms with Gasteiger partial charge < -0.3 is 4.90 Å². The first-order valence-electron chi connectivity index (χ1n) is 2.68. The molecule has 1 rings (SSSR count). The van der Waals surface area contributed by atoms with Crippen molar-refractivity contribution in [1.29, 1.82) is 0 Å². The van der Waals surface area contributed by atoms with Crippen molar-refractivity contribution >= 4 is 0 Å². The van der Waals surface area contributed by atoms with E-state index in [2.05, 4.69) is 25.9 Å². The third-order valence-electron chi connectivity index (χ3n) is 1.78. The molecule has 7 heavy (non-hydrogen) atoms. The van der Waals surface area contributed by atoms with Crippen molar-refractivity contribution in [2.45, 2.75) is 18.4 Å². The molecular weight excluding hydrogens is 86.1 g/mol. The third-order valence-corrected chi connectivity index (χ3v) is 1.78. The maximum absolute atomic E-state index is 4.01. The van der Waals surface area contributed by atoms with Crippen molar-refractivity contribution in [3.05, 3.63) is 6.92 Å². The fourth-order valence-electron chi connectivity index (χ4n) is 0.592. The van der Waals surface area contributed by atoms with Crippen LogP contribution in [0.4, 0.5) is 0 Å². The van der Waals surface area contributed by atoms with E-state index in [1.165, 1.54) is 12.8 Å². The Morgan fingerprint density at radius 1 is 1.43 bits per heavy atom. The number of nitrogens with zero attached hydrogens (tertiary/aromatic N) is 1. The Morgan fingerprint density at radius 3 is 1.86 bits per heavy atom. The molecule has 0 bridgehead atoms. The quantitative estimate of drug-likeness (QED) is 0.471. The molecule has 1 saturated carbocycles. The largest absolute Gasteiger partial charge is 0.304 e. The van der Waals surface area contributed by atoms with E-state index in [0.717, 1.165) is 0 Å². The predicted molar refractivity (Wildman–Crippen MR) is 31.0 cm³/mol. The monoisotopic (exact) mass is 98.1 g/mol. The van der Waals surface area contributed by atoms with Crippen LogP contribution in [0.3, 0.4) is 0 Å². The third kappa shape index (κ3) is 0.778. The lowest BCUT2D eigenvalue weighted by Gasteiger charge is -2.16. The molecule has 0 atom stereocenters. The zero-order chi connectivity index (χ0) is 5.49. The topological polar surface area (TPSA) is 3.24 Å². The smallest absolute Gasteiger partial charge is 0.0205 e. The summed E-state index contributed by atoms with van der Waals surface area (Å²) in [5.74, 6) is 0. The first-order valence-corrected chi connectivity index (χ1v) is 2.68. The van der Waals surface area contributed by atoms with Gasteiger partial charge >= 0.3 is 0 Å². The molecule has 1 radical (unpaired) electrons. The van der Waals surface area contributed by atoms with E-state index in [1.54, 1.807) is 0 Å². The lowest BCUT2D eigenvalue weighted by molar-refractivity contribution is 0.322. The Labute approximate surface area is 45.3 Å². The lowest BCUT2D eigenvalue weighted by atomic mass is 10.3. The molecule has 0 saturated heterocycles. The van der Waals surface area contributed by atoms with Crippen molar-refractivity contribution in [3.8, 4) is 0 Å². The minimum atomic E-state index is 0.333. The molecule has 1 aliphatic rings. The SMILES string of the molecule is [CH2]C1(N(C)C)CC1. The molecule has 1 nitrogen and oxygen atoms in total. The van der Waals surface area contributed by atoms with Crippen LogP contribution < -0.4 is 0 Å². The van der Waals surface area contributed by atoms with Crippen molar-refractivity contribution < 1.29 is 0 Å². The summed E-state index contributed by atoms with van der Waals surface area (Å²) in [5, 5.41) is 0. The van der Waals surface area contributed by atoms with Crippen molar-refractivity contribution in [3.63, 3.8) is 0 Å². The first-order chi connectivity index (χ1) is 3.15. The first kappa shape index (κ1) is 5.10. The molecule has 0 heterocycles. The maximum Gasteiger partial charge on any atom is 0.0205 e. The molecule has 0 N–H and O–H groups in total. The molecule has 0 amide bonds. The van der Waals surface area contributed by atoms with Crippen LogP contribution in [-0.4, -0.2) is 24.5 Å². The highest BCUT2D eigenvalue weighted by atomic mass is 15.2. The molecule has 1 aliphatic carbocycles. The molecule has 1 fully saturated rings. The maximum atomic E-state index is 4.01. The van der Waals surface area contributed by atoms with Crippen LogP contribution in [0.2, 0.25) is 0 Å². The fraction of sp³-hybridized carbons (Fsp3) is 0.833. The summed E-state index contributed by atoms with van der Waals surface area (Å²) in [5.41, 5.74) is 0.333. The van der Waals surface area contributed by atoms with Gasteiger partial charge in [0.15, 0.2) is 0 Å². The van der Waals surface area contributed by atoms with Gasteiger partial charge in [-0.25, -0.2) is 0 Å². The summed E-state index contributed by atoms with van der Waals surface area (Å²) in [4.78, 5) is 2.19. The van der Waals surface area contributed by atoms with Crippen molar-refractivity contribution in [2.24, 2.45) is 0 Å². The normalized spacial score (nSPS) is 25.7. The summed E-state index contributed by atoms with van der Waals surface area (Å²) < 4.78 is 0. The van der Waals surface area contributed by atoms with E-state index in [4.69, 9.17) is 0 Å². The standard InChI is InChI=1S/C6H12N/c1-6(4-5-6)7(2)3/h1,4-5H2,2-3H3. The summed E-state index contributed by atoms with van der Waals surface area (Å²) in [6, 6.07) is 0. The van der Waals surface area contributed by atoms with Crippen LogP contribution >= 0.6 is 0 Å². The van der Waals surface area contributed by atoms with Crippen LogP contribution in [0.25, 0.3) is 0 Å². The fourth-order valence-corrected chi connectivity index (χ4v) is 0.592. The minimum Gasteiger partial charge on any atom is -0.304 e. The molecule has 41 valence electrons. The van der Waals surface area contributed by atoms with Gasteiger partial charge in [0, 0.05) is 5.54 Å². The van der Waals surface area contributed by atoms with Crippen LogP contribution in [0, 0.1) is 6.92 Å². The van der Waals surface area contributed by atoms with Crippen molar-refractivity contribution in [2.75, 3.05) is 14.1 Å². The molecule has 0 aromatic carbocycles. The van der Waals surface area contributed by atoms with Gasteiger partial charge in [-0.15, -0.1) is 0 Å². The van der Waals surface area contributed by atoms with Gasteiger partial charge in [-0.3, -0.25) is 0 Å². The number of rotatable bonds is 1. The summed E-state index contributed by atoms with van der Waals surface area (Å²) in [7, 11) is 4.17. The summed E-state index contributed by atoms with van der Waals surface area (Å²) in [6.07, 6.45) is 2.56. The molecule has 0 aromatic heterocycles. The molecule has 0 spiro atoms. The molecule has 0 aromatic rings. The zero-order valence-electron chi connectivity index (χ0n) is 5.07. The van der Waals surface area contributed by atoms with E-state index in [1.807, 2.05) is 0 Å². The Hall–Kier alpha value is -0.0400. The second kappa shape index (κ2) is 1.22. The second-order valence-corrected chi connectivity index (χ2v) is 2.62. The van der Waals surface area contributed by atoms with Crippen LogP contribution in [-0.2, 0) is 0 Å². The van der Waals surface area contributed by atoms with Gasteiger partial charge in [0.05, 0.1) is 0 Å². The van der Waals surface area contributed by atoms with Gasteiger partial charge in [0.1, 0.15) is 0 Å². The molecule has 0 unspecified atom stereocenters. The average Bonchev–Trinajstić information content (AvgIpc) is 2.21. The second-order valence-electron chi connectivity index (χ2n) is 2.62. The van der Waals surface area contributed by atoms with Gasteiger partial charge in [0.2, 0.25) is 0 Å². The van der Waals surface area contributed by atoms with E-state index in [0.29, 0.717) is 5.54 Å². The van der Waals surface area contributed by atoms with Gasteiger partial charge in [-0.2, -0.15) is 0 Å². The minimum absolute atomic E-state index is 0.333. The van der Waals surface area contributed by atoms with Crippen LogP contribution in [0.15, 0.2) is 0 Å². The Bertz CT molecular complexity index is 72.2. The molecular formula is C6H12N. The highest BCUT2D eigenvalue weighted by Gasteiger charge is 2.39. The highest BCUT2D eigenvalue weighted by Crippen LogP contribution is 2.38. The number of hydrogen-bond donors (Lipinski definition) is 0. The van der Waals surface area contributed by atoms with E-state index < -0.39 is 0 Å². The van der Waals surface area contributed by atoms with Gasteiger partial charge in [-0.1, -0.05) is 0 Å². The number of hydrogen-bond acceptors (Lipinski definition) is 1. The molecule has 0 aliphatic heterocycles. The Morgan fingerprint density at radius 2 is 1.86 bits per heavy atom. The van der Waals surface area contributed by atoms with Crippen molar-refractivity contribution in [1.82, 2.24) is 4.90 Å². The lowest BCUT2D eigenvalue weighted by Crippen LogP contribution is -2.26. The average molecular weight is 98.2 g/mol. The zero-order valence-corrected chi connectivity index (χ0v) is 5.07. The summed E-state index contributed by atoms with van der Waals surface area (Å²) in [6.45, 7) is 4.01. The molecule has 1 heteroatoms. The van der Waals surface area contributed by atoms with E-state index in [-0.39, 0.29) is 0 Å². The predicted octanol–water partition coefficient (Wildman–Crippen LogP) is 0.915. The van der Waals surface area contributed by atoms with Crippen LogP contribution in [0.1, 0.15) is 12.8 Å². The summed E-state index contributed by atoms with van der Waals surface area (Å²) >= 11 is 0. The van der Waals surface area contributed by atoms with E-state index >= 15 is 0 Å². The van der Waals surface area contributed by atoms with Gasteiger partial charge in [-0.05, 0) is 33.9 Å².